The van der Waals surface area contributed by atoms with Gasteiger partial charge in [-0.25, -0.2) is 0 Å². The Hall–Kier alpha value is -3.60. The summed E-state index contributed by atoms with van der Waals surface area (Å²) < 4.78 is 10.8. The predicted octanol–water partition coefficient (Wildman–Crippen LogP) is 5.22. The van der Waals surface area contributed by atoms with Gasteiger partial charge in [-0.15, -0.1) is 0 Å². The molecule has 0 aliphatic rings. The van der Waals surface area contributed by atoms with Gasteiger partial charge in [-0.05, 0) is 41.1 Å². The SMILES string of the molecule is O=C(CCC(=O)N(Cc1ccco1)Cc1ccco1)c1ccc2ccccc2c1. The van der Waals surface area contributed by atoms with Crippen LogP contribution in [0.4, 0.5) is 0 Å². The van der Waals surface area contributed by atoms with Crippen molar-refractivity contribution in [2.75, 3.05) is 0 Å². The lowest BCUT2D eigenvalue weighted by Crippen LogP contribution is -2.30. The van der Waals surface area contributed by atoms with Crippen LogP contribution < -0.4 is 0 Å². The molecule has 29 heavy (non-hydrogen) atoms. The second-order valence-corrected chi connectivity index (χ2v) is 6.89. The Balaban J connectivity index is 1.42. The van der Waals surface area contributed by atoms with Crippen molar-refractivity contribution in [2.24, 2.45) is 0 Å². The first-order chi connectivity index (χ1) is 14.2. The third-order valence-corrected chi connectivity index (χ3v) is 4.84. The van der Waals surface area contributed by atoms with Crippen LogP contribution in [0.15, 0.2) is 88.1 Å². The highest BCUT2D eigenvalue weighted by atomic mass is 16.3. The van der Waals surface area contributed by atoms with Crippen molar-refractivity contribution < 1.29 is 18.4 Å². The van der Waals surface area contributed by atoms with Gasteiger partial charge in [0.15, 0.2) is 5.78 Å². The van der Waals surface area contributed by atoms with E-state index in [9.17, 15) is 9.59 Å². The lowest BCUT2D eigenvalue weighted by molar-refractivity contribution is -0.133. The minimum absolute atomic E-state index is 0.0416. The molecule has 0 aliphatic carbocycles. The molecule has 0 radical (unpaired) electrons. The summed E-state index contributed by atoms with van der Waals surface area (Å²) in [7, 11) is 0. The van der Waals surface area contributed by atoms with Crippen LogP contribution in [-0.4, -0.2) is 16.6 Å². The normalized spacial score (nSPS) is 10.9. The summed E-state index contributed by atoms with van der Waals surface area (Å²) in [5.74, 6) is 1.21. The molecule has 0 saturated carbocycles. The molecule has 0 saturated heterocycles. The van der Waals surface area contributed by atoms with Crippen LogP contribution in [0.25, 0.3) is 10.8 Å². The molecular weight excluding hydrogens is 366 g/mol. The molecule has 0 atom stereocenters. The number of ketones is 1. The lowest BCUT2D eigenvalue weighted by atomic mass is 10.0. The highest BCUT2D eigenvalue weighted by Gasteiger charge is 2.19. The second kappa shape index (κ2) is 8.61. The zero-order chi connectivity index (χ0) is 20.1. The van der Waals surface area contributed by atoms with E-state index in [1.807, 2.05) is 54.6 Å². The minimum Gasteiger partial charge on any atom is -0.467 e. The fraction of sp³-hybridized carbons (Fsp3) is 0.167. The van der Waals surface area contributed by atoms with Gasteiger partial charge < -0.3 is 13.7 Å². The van der Waals surface area contributed by atoms with Gasteiger partial charge in [-0.3, -0.25) is 9.59 Å². The first-order valence-corrected chi connectivity index (χ1v) is 9.53. The van der Waals surface area contributed by atoms with Crippen molar-refractivity contribution >= 4 is 22.5 Å². The summed E-state index contributed by atoms with van der Waals surface area (Å²) in [6, 6.07) is 20.7. The molecule has 0 bridgehead atoms. The van der Waals surface area contributed by atoms with E-state index in [-0.39, 0.29) is 24.5 Å². The number of furan rings is 2. The molecule has 4 rings (SSSR count). The Labute approximate surface area is 168 Å². The predicted molar refractivity (Wildman–Crippen MR) is 109 cm³/mol. The maximum absolute atomic E-state index is 12.8. The van der Waals surface area contributed by atoms with Crippen LogP contribution in [-0.2, 0) is 17.9 Å². The van der Waals surface area contributed by atoms with Gasteiger partial charge in [-0.1, -0.05) is 36.4 Å². The van der Waals surface area contributed by atoms with E-state index < -0.39 is 0 Å². The van der Waals surface area contributed by atoms with E-state index >= 15 is 0 Å². The molecule has 2 heterocycles. The number of carbonyl (C=O) groups excluding carboxylic acids is 2. The van der Waals surface area contributed by atoms with Gasteiger partial charge in [0.1, 0.15) is 11.5 Å². The Kier molecular flexibility index (Phi) is 5.56. The van der Waals surface area contributed by atoms with Crippen molar-refractivity contribution in [1.29, 1.82) is 0 Å². The number of rotatable bonds is 8. The Morgan fingerprint density at radius 3 is 2.00 bits per heavy atom. The highest BCUT2D eigenvalue weighted by Crippen LogP contribution is 2.18. The molecule has 1 amide bonds. The third-order valence-electron chi connectivity index (χ3n) is 4.84. The first kappa shape index (κ1) is 18.7. The Morgan fingerprint density at radius 1 is 0.724 bits per heavy atom. The van der Waals surface area contributed by atoms with E-state index in [1.54, 1.807) is 29.6 Å². The fourth-order valence-electron chi connectivity index (χ4n) is 3.30. The summed E-state index contributed by atoms with van der Waals surface area (Å²) >= 11 is 0. The molecule has 2 aromatic heterocycles. The molecule has 0 unspecified atom stereocenters. The van der Waals surface area contributed by atoms with Crippen molar-refractivity contribution in [1.82, 2.24) is 4.90 Å². The molecule has 0 spiro atoms. The van der Waals surface area contributed by atoms with Gasteiger partial charge in [-0.2, -0.15) is 0 Å². The van der Waals surface area contributed by atoms with Gasteiger partial charge >= 0.3 is 0 Å². The number of benzene rings is 2. The van der Waals surface area contributed by atoms with E-state index in [0.29, 0.717) is 30.2 Å². The van der Waals surface area contributed by atoms with Gasteiger partial charge in [0.05, 0.1) is 25.6 Å². The Morgan fingerprint density at radius 2 is 1.38 bits per heavy atom. The van der Waals surface area contributed by atoms with Gasteiger partial charge in [0, 0.05) is 18.4 Å². The quantitative estimate of drug-likeness (QED) is 0.389. The molecule has 146 valence electrons. The Bertz CT molecular complexity index is 1060. The number of hydrogen-bond donors (Lipinski definition) is 0. The summed E-state index contributed by atoms with van der Waals surface area (Å²) in [6.07, 6.45) is 3.44. The van der Waals surface area contributed by atoms with Crippen molar-refractivity contribution in [3.8, 4) is 0 Å². The van der Waals surface area contributed by atoms with Crippen LogP contribution >= 0.6 is 0 Å². The average molecular weight is 387 g/mol. The molecule has 5 nitrogen and oxygen atoms in total. The highest BCUT2D eigenvalue weighted by molar-refractivity contribution is 6.01. The van der Waals surface area contributed by atoms with E-state index in [4.69, 9.17) is 8.83 Å². The molecule has 4 aromatic rings. The summed E-state index contributed by atoms with van der Waals surface area (Å²) in [4.78, 5) is 27.1. The van der Waals surface area contributed by atoms with Crippen molar-refractivity contribution in [3.05, 3.63) is 96.3 Å². The number of amides is 1. The number of carbonyl (C=O) groups is 2. The van der Waals surface area contributed by atoms with E-state index in [1.165, 1.54) is 0 Å². The molecule has 0 N–H and O–H groups in total. The third kappa shape index (κ3) is 4.63. The molecule has 5 heteroatoms. The molecule has 2 aromatic carbocycles. The monoisotopic (exact) mass is 387 g/mol. The van der Waals surface area contributed by atoms with E-state index in [2.05, 4.69) is 0 Å². The van der Waals surface area contributed by atoms with Crippen molar-refractivity contribution in [2.45, 2.75) is 25.9 Å². The molecule has 0 fully saturated rings. The number of nitrogens with zero attached hydrogens (tertiary/aromatic N) is 1. The summed E-state index contributed by atoms with van der Waals surface area (Å²) in [5.41, 5.74) is 0.625. The fourth-order valence-corrected chi connectivity index (χ4v) is 3.30. The maximum atomic E-state index is 12.8. The van der Waals surface area contributed by atoms with Crippen LogP contribution in [0.1, 0.15) is 34.7 Å². The first-order valence-electron chi connectivity index (χ1n) is 9.53. The second-order valence-electron chi connectivity index (χ2n) is 6.89. The summed E-state index contributed by atoms with van der Waals surface area (Å²) in [5, 5.41) is 2.10. The van der Waals surface area contributed by atoms with Crippen LogP contribution in [0.5, 0.6) is 0 Å². The number of hydrogen-bond acceptors (Lipinski definition) is 4. The molecular formula is C24H21NO4. The standard InChI is InChI=1S/C24H21NO4/c26-23(20-10-9-18-5-1-2-6-19(18)15-20)11-12-24(27)25(16-21-7-3-13-28-21)17-22-8-4-14-29-22/h1-10,13-15H,11-12,16-17H2. The van der Waals surface area contributed by atoms with Crippen LogP contribution in [0.2, 0.25) is 0 Å². The minimum atomic E-state index is -0.119. The lowest BCUT2D eigenvalue weighted by Gasteiger charge is -2.20. The van der Waals surface area contributed by atoms with Crippen molar-refractivity contribution in [3.63, 3.8) is 0 Å². The topological polar surface area (TPSA) is 63.7 Å². The van der Waals surface area contributed by atoms with E-state index in [0.717, 1.165) is 10.8 Å². The summed E-state index contributed by atoms with van der Waals surface area (Å²) in [6.45, 7) is 0.660. The number of Topliss-reactive ketones (excluding diaryl/α,β-unsaturated/α-hetero) is 1. The number of fused-ring (bicyclic) bond motifs is 1. The largest absolute Gasteiger partial charge is 0.467 e. The zero-order valence-electron chi connectivity index (χ0n) is 15.9. The smallest absolute Gasteiger partial charge is 0.223 e. The van der Waals surface area contributed by atoms with Crippen LogP contribution in [0.3, 0.4) is 0 Å². The van der Waals surface area contributed by atoms with Crippen LogP contribution in [0, 0.1) is 0 Å². The molecule has 0 aliphatic heterocycles. The van der Waals surface area contributed by atoms with Gasteiger partial charge in [0.2, 0.25) is 5.91 Å². The zero-order valence-corrected chi connectivity index (χ0v) is 15.9. The maximum Gasteiger partial charge on any atom is 0.223 e. The van der Waals surface area contributed by atoms with Gasteiger partial charge in [0.25, 0.3) is 0 Å². The average Bonchev–Trinajstić information content (AvgIpc) is 3.45.